The molecule has 0 amide bonds. The minimum absolute atomic E-state index is 0.00200. The lowest BCUT2D eigenvalue weighted by molar-refractivity contribution is 0.120. The van der Waals surface area contributed by atoms with Gasteiger partial charge in [-0.25, -0.2) is 12.8 Å². The van der Waals surface area contributed by atoms with Crippen molar-refractivity contribution >= 4 is 25.8 Å². The van der Waals surface area contributed by atoms with Gasteiger partial charge in [0.2, 0.25) is 0 Å². The molecule has 0 radical (unpaired) electrons. The van der Waals surface area contributed by atoms with Crippen LogP contribution in [-0.2, 0) is 9.84 Å². The third-order valence-corrected chi connectivity index (χ3v) is 5.48. The number of aliphatic hydroxyl groups excluding tert-OH is 1. The monoisotopic (exact) mass is 322 g/mol. The third kappa shape index (κ3) is 2.86. The van der Waals surface area contributed by atoms with E-state index in [1.807, 2.05) is 0 Å². The quantitative estimate of drug-likeness (QED) is 0.906. The number of hydrogen-bond acceptors (Lipinski definition) is 3. The van der Waals surface area contributed by atoms with Crippen LogP contribution in [0.3, 0.4) is 0 Å². The van der Waals surface area contributed by atoms with Crippen molar-refractivity contribution in [3.8, 4) is 0 Å². The van der Waals surface area contributed by atoms with Crippen LogP contribution in [0.15, 0.2) is 22.7 Å². The molecule has 1 fully saturated rings. The molecule has 0 spiro atoms. The number of benzene rings is 1. The molecule has 1 heterocycles. The number of halogens is 2. The van der Waals surface area contributed by atoms with E-state index in [0.29, 0.717) is 16.5 Å². The van der Waals surface area contributed by atoms with Gasteiger partial charge in [-0.15, -0.1) is 0 Å². The molecule has 3 nitrogen and oxygen atoms in total. The normalized spacial score (nSPS) is 24.8. The lowest BCUT2D eigenvalue weighted by atomic mass is 9.95. The van der Waals surface area contributed by atoms with Gasteiger partial charge in [0.05, 0.1) is 17.6 Å². The summed E-state index contributed by atoms with van der Waals surface area (Å²) in [5.74, 6) is -0.584. The Morgan fingerprint density at radius 1 is 1.47 bits per heavy atom. The SMILES string of the molecule is O=S1(=O)CCC(C(O)c2ccc(F)cc2Br)C1. The Bertz CT molecular complexity index is 530. The van der Waals surface area contributed by atoms with E-state index in [-0.39, 0.29) is 17.4 Å². The Morgan fingerprint density at radius 3 is 2.71 bits per heavy atom. The minimum Gasteiger partial charge on any atom is -0.388 e. The molecular formula is C11H12BrFO3S. The number of rotatable bonds is 2. The summed E-state index contributed by atoms with van der Waals surface area (Å²) in [4.78, 5) is 0. The zero-order chi connectivity index (χ0) is 12.6. The zero-order valence-corrected chi connectivity index (χ0v) is 11.3. The van der Waals surface area contributed by atoms with Crippen LogP contribution >= 0.6 is 15.9 Å². The van der Waals surface area contributed by atoms with Crippen LogP contribution in [-0.4, -0.2) is 25.0 Å². The Morgan fingerprint density at radius 2 is 2.18 bits per heavy atom. The van der Waals surface area contributed by atoms with Gasteiger partial charge in [0.1, 0.15) is 5.82 Å². The third-order valence-electron chi connectivity index (χ3n) is 3.00. The van der Waals surface area contributed by atoms with Crippen LogP contribution in [0.1, 0.15) is 18.1 Å². The second-order valence-corrected chi connectivity index (χ2v) is 7.36. The first-order valence-corrected chi connectivity index (χ1v) is 7.84. The highest BCUT2D eigenvalue weighted by atomic mass is 79.9. The maximum absolute atomic E-state index is 12.9. The summed E-state index contributed by atoms with van der Waals surface area (Å²) >= 11 is 3.17. The van der Waals surface area contributed by atoms with Gasteiger partial charge in [-0.05, 0) is 24.1 Å². The lowest BCUT2D eigenvalue weighted by Gasteiger charge is -2.18. The number of aliphatic hydroxyl groups is 1. The molecule has 17 heavy (non-hydrogen) atoms. The molecule has 2 unspecified atom stereocenters. The number of hydrogen-bond donors (Lipinski definition) is 1. The highest BCUT2D eigenvalue weighted by molar-refractivity contribution is 9.10. The first-order chi connectivity index (χ1) is 7.89. The Balaban J connectivity index is 2.23. The fraction of sp³-hybridized carbons (Fsp3) is 0.455. The molecular weight excluding hydrogens is 311 g/mol. The lowest BCUT2D eigenvalue weighted by Crippen LogP contribution is -2.14. The predicted molar refractivity (Wildman–Crippen MR) is 65.8 cm³/mol. The zero-order valence-electron chi connectivity index (χ0n) is 8.94. The fourth-order valence-electron chi connectivity index (χ4n) is 2.07. The first-order valence-electron chi connectivity index (χ1n) is 5.22. The Kier molecular flexibility index (Phi) is 3.56. The summed E-state index contributed by atoms with van der Waals surface area (Å²) in [6.07, 6.45) is -0.421. The summed E-state index contributed by atoms with van der Waals surface area (Å²) in [6.45, 7) is 0. The van der Waals surface area contributed by atoms with E-state index in [0.717, 1.165) is 0 Å². The summed E-state index contributed by atoms with van der Waals surface area (Å²) in [6, 6.07) is 4.00. The van der Waals surface area contributed by atoms with E-state index in [1.165, 1.54) is 18.2 Å². The van der Waals surface area contributed by atoms with E-state index < -0.39 is 21.8 Å². The largest absolute Gasteiger partial charge is 0.388 e. The molecule has 2 atom stereocenters. The van der Waals surface area contributed by atoms with Crippen LogP contribution in [0.5, 0.6) is 0 Å². The maximum Gasteiger partial charge on any atom is 0.150 e. The van der Waals surface area contributed by atoms with Crippen LogP contribution < -0.4 is 0 Å². The van der Waals surface area contributed by atoms with Crippen molar-refractivity contribution in [3.63, 3.8) is 0 Å². The molecule has 1 aromatic carbocycles. The van der Waals surface area contributed by atoms with Gasteiger partial charge in [-0.2, -0.15) is 0 Å². The summed E-state index contributed by atoms with van der Waals surface area (Å²) in [5, 5.41) is 10.1. The van der Waals surface area contributed by atoms with E-state index in [4.69, 9.17) is 0 Å². The van der Waals surface area contributed by atoms with E-state index in [1.54, 1.807) is 0 Å². The molecule has 1 saturated heterocycles. The molecule has 0 bridgehead atoms. The van der Waals surface area contributed by atoms with Crippen molar-refractivity contribution in [2.45, 2.75) is 12.5 Å². The molecule has 94 valence electrons. The van der Waals surface area contributed by atoms with Gasteiger partial charge in [-0.1, -0.05) is 22.0 Å². The standard InChI is InChI=1S/C11H12BrFO3S/c12-10-5-8(13)1-2-9(10)11(14)7-3-4-17(15,16)6-7/h1-2,5,7,11,14H,3-4,6H2. The molecule has 2 rings (SSSR count). The van der Waals surface area contributed by atoms with Crippen molar-refractivity contribution in [1.29, 1.82) is 0 Å². The molecule has 1 aliphatic rings. The molecule has 0 aromatic heterocycles. The second kappa shape index (κ2) is 4.66. The van der Waals surface area contributed by atoms with E-state index in [2.05, 4.69) is 15.9 Å². The average molecular weight is 323 g/mol. The maximum atomic E-state index is 12.9. The van der Waals surface area contributed by atoms with E-state index >= 15 is 0 Å². The molecule has 0 saturated carbocycles. The van der Waals surface area contributed by atoms with Crippen molar-refractivity contribution in [3.05, 3.63) is 34.1 Å². The van der Waals surface area contributed by atoms with Gasteiger partial charge in [0.25, 0.3) is 0 Å². The van der Waals surface area contributed by atoms with Crippen molar-refractivity contribution in [2.24, 2.45) is 5.92 Å². The minimum atomic E-state index is -3.02. The topological polar surface area (TPSA) is 54.4 Å². The van der Waals surface area contributed by atoms with Crippen LogP contribution in [0, 0.1) is 11.7 Å². The molecule has 6 heteroatoms. The van der Waals surface area contributed by atoms with Crippen molar-refractivity contribution in [2.75, 3.05) is 11.5 Å². The van der Waals surface area contributed by atoms with Gasteiger partial charge >= 0.3 is 0 Å². The van der Waals surface area contributed by atoms with Gasteiger partial charge < -0.3 is 5.11 Å². The van der Waals surface area contributed by atoms with Crippen LogP contribution in [0.2, 0.25) is 0 Å². The second-order valence-electron chi connectivity index (χ2n) is 4.27. The highest BCUT2D eigenvalue weighted by Crippen LogP contribution is 2.34. The summed E-state index contributed by atoms with van der Waals surface area (Å²) in [7, 11) is -3.02. The molecule has 0 aliphatic carbocycles. The highest BCUT2D eigenvalue weighted by Gasteiger charge is 2.34. The van der Waals surface area contributed by atoms with E-state index in [9.17, 15) is 17.9 Å². The summed E-state index contributed by atoms with van der Waals surface area (Å²) in [5.41, 5.74) is 0.536. The van der Waals surface area contributed by atoms with Crippen molar-refractivity contribution < 1.29 is 17.9 Å². The average Bonchev–Trinajstić information content (AvgIpc) is 2.58. The number of sulfone groups is 1. The Labute approximate surface area is 108 Å². The van der Waals surface area contributed by atoms with Crippen molar-refractivity contribution in [1.82, 2.24) is 0 Å². The first kappa shape index (κ1) is 13.0. The molecule has 1 N–H and O–H groups in total. The molecule has 1 aliphatic heterocycles. The van der Waals surface area contributed by atoms with Gasteiger partial charge in [0, 0.05) is 10.4 Å². The molecule has 1 aromatic rings. The smallest absolute Gasteiger partial charge is 0.150 e. The predicted octanol–water partition coefficient (Wildman–Crippen LogP) is 2.06. The van der Waals surface area contributed by atoms with Gasteiger partial charge in [-0.3, -0.25) is 0 Å². The summed E-state index contributed by atoms with van der Waals surface area (Å²) < 4.78 is 36.0. The van der Waals surface area contributed by atoms with Crippen LogP contribution in [0.25, 0.3) is 0 Å². The Hall–Kier alpha value is -0.460. The van der Waals surface area contributed by atoms with Crippen LogP contribution in [0.4, 0.5) is 4.39 Å². The van der Waals surface area contributed by atoms with Gasteiger partial charge in [0.15, 0.2) is 9.84 Å². The fourth-order valence-corrected chi connectivity index (χ4v) is 4.48.